The lowest BCUT2D eigenvalue weighted by Gasteiger charge is -2.39. The standard InChI is InChI=1S/C25H29ClN6O3/c1-2-35-25(34)30-13-11-29(12-14-30)24(33)19-6-4-9-31(17-19)23-22-16-21(28-32(22)10-8-27-23)18-5-3-7-20(26)15-18/h3,5,7-8,10,15-16,19H,2,4,6,9,11-14,17H2,1H3. The maximum absolute atomic E-state index is 13.3. The van der Waals surface area contributed by atoms with Gasteiger partial charge in [-0.25, -0.2) is 14.3 Å². The molecule has 0 aliphatic carbocycles. The zero-order valence-electron chi connectivity index (χ0n) is 19.8. The van der Waals surface area contributed by atoms with E-state index in [1.165, 1.54) is 0 Å². The number of ether oxygens (including phenoxy) is 1. The van der Waals surface area contributed by atoms with Crippen molar-refractivity contribution in [2.24, 2.45) is 5.92 Å². The number of aromatic nitrogens is 3. The molecule has 2 aromatic heterocycles. The minimum atomic E-state index is -0.305. The van der Waals surface area contributed by atoms with Crippen LogP contribution in [0.25, 0.3) is 16.8 Å². The monoisotopic (exact) mass is 496 g/mol. The zero-order valence-corrected chi connectivity index (χ0v) is 20.5. The second-order valence-corrected chi connectivity index (χ2v) is 9.35. The van der Waals surface area contributed by atoms with Crippen LogP contribution in [-0.4, -0.2) is 82.3 Å². The fourth-order valence-electron chi connectivity index (χ4n) is 4.89. The second-order valence-electron chi connectivity index (χ2n) is 8.92. The Hall–Kier alpha value is -3.33. The Labute approximate surface area is 209 Å². The van der Waals surface area contributed by atoms with Gasteiger partial charge in [0.05, 0.1) is 18.2 Å². The number of hydrogen-bond acceptors (Lipinski definition) is 6. The number of piperidine rings is 1. The van der Waals surface area contributed by atoms with E-state index in [2.05, 4.69) is 9.88 Å². The summed E-state index contributed by atoms with van der Waals surface area (Å²) in [5, 5.41) is 5.38. The Bertz CT molecular complexity index is 1220. The molecule has 2 aliphatic rings. The van der Waals surface area contributed by atoms with Crippen molar-refractivity contribution in [1.29, 1.82) is 0 Å². The molecule has 10 heteroatoms. The van der Waals surface area contributed by atoms with Gasteiger partial charge >= 0.3 is 6.09 Å². The number of fused-ring (bicyclic) bond motifs is 1. The van der Waals surface area contributed by atoms with Crippen LogP contribution in [0.4, 0.5) is 10.6 Å². The van der Waals surface area contributed by atoms with Gasteiger partial charge in [-0.2, -0.15) is 5.10 Å². The summed E-state index contributed by atoms with van der Waals surface area (Å²) in [4.78, 5) is 35.7. The summed E-state index contributed by atoms with van der Waals surface area (Å²) in [6, 6.07) is 9.66. The van der Waals surface area contributed by atoms with Crippen LogP contribution in [0.1, 0.15) is 19.8 Å². The van der Waals surface area contributed by atoms with E-state index in [0.717, 1.165) is 42.0 Å². The van der Waals surface area contributed by atoms with E-state index in [4.69, 9.17) is 21.4 Å². The van der Waals surface area contributed by atoms with Gasteiger partial charge in [0, 0.05) is 62.2 Å². The van der Waals surface area contributed by atoms with Crippen molar-refractivity contribution < 1.29 is 14.3 Å². The largest absolute Gasteiger partial charge is 0.450 e. The molecular weight excluding hydrogens is 468 g/mol. The summed E-state index contributed by atoms with van der Waals surface area (Å²) in [6.07, 6.45) is 5.04. The van der Waals surface area contributed by atoms with Gasteiger partial charge in [0.25, 0.3) is 0 Å². The zero-order chi connectivity index (χ0) is 24.4. The summed E-state index contributed by atoms with van der Waals surface area (Å²) < 4.78 is 6.92. The Morgan fingerprint density at radius 3 is 2.69 bits per heavy atom. The number of anilines is 1. The van der Waals surface area contributed by atoms with E-state index in [-0.39, 0.29) is 17.9 Å². The topological polar surface area (TPSA) is 83.3 Å². The van der Waals surface area contributed by atoms with Crippen molar-refractivity contribution in [3.05, 3.63) is 47.7 Å². The van der Waals surface area contributed by atoms with Crippen molar-refractivity contribution in [2.75, 3.05) is 50.8 Å². The first-order valence-electron chi connectivity index (χ1n) is 12.1. The van der Waals surface area contributed by atoms with Gasteiger partial charge in [-0.15, -0.1) is 0 Å². The first-order valence-corrected chi connectivity index (χ1v) is 12.5. The highest BCUT2D eigenvalue weighted by Gasteiger charge is 2.33. The molecule has 184 valence electrons. The van der Waals surface area contributed by atoms with Crippen LogP contribution in [0.5, 0.6) is 0 Å². The number of rotatable bonds is 4. The van der Waals surface area contributed by atoms with Gasteiger partial charge < -0.3 is 19.4 Å². The quantitative estimate of drug-likeness (QED) is 0.549. The third-order valence-corrected chi connectivity index (χ3v) is 6.91. The smallest absolute Gasteiger partial charge is 0.409 e. The lowest BCUT2D eigenvalue weighted by Crippen LogP contribution is -2.53. The first kappa shape index (κ1) is 23.4. The van der Waals surface area contributed by atoms with Gasteiger partial charge in [-0.1, -0.05) is 23.7 Å². The Morgan fingerprint density at radius 1 is 1.11 bits per heavy atom. The molecule has 2 saturated heterocycles. The van der Waals surface area contributed by atoms with E-state index >= 15 is 0 Å². The molecule has 4 heterocycles. The molecule has 1 unspecified atom stereocenters. The second kappa shape index (κ2) is 10.1. The Morgan fingerprint density at radius 2 is 1.91 bits per heavy atom. The number of carbonyl (C=O) groups is 2. The minimum Gasteiger partial charge on any atom is -0.450 e. The SMILES string of the molecule is CCOC(=O)N1CCN(C(=O)C2CCCN(c3nccn4nc(-c5cccc(Cl)c5)cc34)C2)CC1. The maximum Gasteiger partial charge on any atom is 0.409 e. The summed E-state index contributed by atoms with van der Waals surface area (Å²) in [5.74, 6) is 0.881. The number of halogens is 1. The lowest BCUT2D eigenvalue weighted by molar-refractivity contribution is -0.137. The van der Waals surface area contributed by atoms with E-state index < -0.39 is 0 Å². The Kier molecular flexibility index (Phi) is 6.77. The van der Waals surface area contributed by atoms with Crippen LogP contribution in [0.3, 0.4) is 0 Å². The minimum absolute atomic E-state index is 0.102. The molecule has 0 radical (unpaired) electrons. The summed E-state index contributed by atoms with van der Waals surface area (Å²) in [5.41, 5.74) is 2.67. The van der Waals surface area contributed by atoms with Crippen molar-refractivity contribution in [1.82, 2.24) is 24.4 Å². The van der Waals surface area contributed by atoms with Gasteiger partial charge in [0.2, 0.25) is 5.91 Å². The molecule has 2 fully saturated rings. The van der Waals surface area contributed by atoms with E-state index in [9.17, 15) is 9.59 Å². The van der Waals surface area contributed by atoms with Crippen molar-refractivity contribution in [3.8, 4) is 11.3 Å². The molecule has 35 heavy (non-hydrogen) atoms. The van der Waals surface area contributed by atoms with Gasteiger partial charge in [-0.05, 0) is 38.0 Å². The molecule has 1 aromatic carbocycles. The van der Waals surface area contributed by atoms with Crippen LogP contribution < -0.4 is 4.90 Å². The molecule has 0 spiro atoms. The third-order valence-electron chi connectivity index (χ3n) is 6.68. The molecule has 0 saturated carbocycles. The number of benzene rings is 1. The number of nitrogens with zero attached hydrogens (tertiary/aromatic N) is 6. The van der Waals surface area contributed by atoms with E-state index in [1.807, 2.05) is 45.9 Å². The predicted molar refractivity (Wildman–Crippen MR) is 134 cm³/mol. The maximum atomic E-state index is 13.3. The van der Waals surface area contributed by atoms with Crippen LogP contribution in [0.15, 0.2) is 42.7 Å². The van der Waals surface area contributed by atoms with E-state index in [1.54, 1.807) is 18.0 Å². The molecular formula is C25H29ClN6O3. The molecule has 2 amide bonds. The molecule has 0 bridgehead atoms. The average Bonchev–Trinajstić information content (AvgIpc) is 3.33. The van der Waals surface area contributed by atoms with Crippen LogP contribution in [-0.2, 0) is 9.53 Å². The van der Waals surface area contributed by atoms with Gasteiger partial charge in [0.1, 0.15) is 5.52 Å². The average molecular weight is 497 g/mol. The number of piperazine rings is 1. The van der Waals surface area contributed by atoms with Crippen molar-refractivity contribution in [2.45, 2.75) is 19.8 Å². The molecule has 5 rings (SSSR count). The van der Waals surface area contributed by atoms with Crippen LogP contribution in [0, 0.1) is 5.92 Å². The summed E-state index contributed by atoms with van der Waals surface area (Å²) >= 11 is 6.18. The summed E-state index contributed by atoms with van der Waals surface area (Å²) in [6.45, 7) is 5.68. The molecule has 1 atom stereocenters. The highest BCUT2D eigenvalue weighted by molar-refractivity contribution is 6.30. The van der Waals surface area contributed by atoms with Crippen LogP contribution >= 0.6 is 11.6 Å². The summed E-state index contributed by atoms with van der Waals surface area (Å²) in [7, 11) is 0. The molecule has 2 aliphatic heterocycles. The Balaban J connectivity index is 1.30. The number of hydrogen-bond donors (Lipinski definition) is 0. The molecule has 9 nitrogen and oxygen atoms in total. The lowest BCUT2D eigenvalue weighted by atomic mass is 9.96. The highest BCUT2D eigenvalue weighted by atomic mass is 35.5. The predicted octanol–water partition coefficient (Wildman–Crippen LogP) is 3.57. The number of carbonyl (C=O) groups excluding carboxylic acids is 2. The molecule has 0 N–H and O–H groups in total. The molecule has 3 aromatic rings. The van der Waals surface area contributed by atoms with Gasteiger partial charge in [0.15, 0.2) is 5.82 Å². The van der Waals surface area contributed by atoms with Gasteiger partial charge in [-0.3, -0.25) is 4.79 Å². The fourth-order valence-corrected chi connectivity index (χ4v) is 5.08. The van der Waals surface area contributed by atoms with Crippen LogP contribution in [0.2, 0.25) is 5.02 Å². The van der Waals surface area contributed by atoms with Crippen molar-refractivity contribution in [3.63, 3.8) is 0 Å². The normalized spacial score (nSPS) is 18.7. The highest BCUT2D eigenvalue weighted by Crippen LogP contribution is 2.30. The first-order chi connectivity index (χ1) is 17.0. The fraction of sp³-hybridized carbons (Fsp3) is 0.440. The van der Waals surface area contributed by atoms with Crippen molar-refractivity contribution >= 4 is 34.9 Å². The number of amides is 2. The third kappa shape index (κ3) is 4.91. The van der Waals surface area contributed by atoms with E-state index in [0.29, 0.717) is 44.4 Å².